The van der Waals surface area contributed by atoms with Crippen LogP contribution in [0.15, 0.2) is 79.9 Å². The smallest absolute Gasteiger partial charge is 0.253 e. The van der Waals surface area contributed by atoms with Gasteiger partial charge in [0, 0.05) is 57.3 Å². The van der Waals surface area contributed by atoms with Crippen molar-refractivity contribution in [2.24, 2.45) is 11.8 Å². The Balaban J connectivity index is 1.52. The van der Waals surface area contributed by atoms with Crippen LogP contribution in [0, 0.1) is 11.8 Å². The number of anilines is 2. The van der Waals surface area contributed by atoms with Gasteiger partial charge >= 0.3 is 0 Å². The minimum Gasteiger partial charge on any atom is -0.396 e. The molecule has 1 N–H and O–H groups in total. The number of ether oxygens (including phenoxy) is 1. The fourth-order valence-corrected chi connectivity index (χ4v) is 8.49. The van der Waals surface area contributed by atoms with Crippen LogP contribution in [0.25, 0.3) is 0 Å². The number of likely N-dealkylation sites (tertiary alicyclic amines) is 1. The van der Waals surface area contributed by atoms with Crippen molar-refractivity contribution in [3.63, 3.8) is 0 Å². The van der Waals surface area contributed by atoms with E-state index in [-0.39, 0.29) is 30.9 Å². The van der Waals surface area contributed by atoms with Gasteiger partial charge in [-0.25, -0.2) is 0 Å². The molecule has 0 radical (unpaired) electrons. The highest BCUT2D eigenvalue weighted by molar-refractivity contribution is 6.05. The first-order chi connectivity index (χ1) is 23.7. The van der Waals surface area contributed by atoms with Gasteiger partial charge in [-0.1, -0.05) is 55.3 Å². The Kier molecular flexibility index (Phi) is 11.7. The van der Waals surface area contributed by atoms with Crippen molar-refractivity contribution in [1.29, 1.82) is 0 Å². The number of nitrogens with zero attached hydrogens (tertiary/aromatic N) is 4. The molecule has 0 saturated carbocycles. The van der Waals surface area contributed by atoms with Gasteiger partial charge in [-0.15, -0.1) is 13.2 Å². The van der Waals surface area contributed by atoms with Gasteiger partial charge in [0.15, 0.2) is 0 Å². The second-order valence-corrected chi connectivity index (χ2v) is 13.8. The van der Waals surface area contributed by atoms with E-state index in [1.807, 2.05) is 61.5 Å². The number of amides is 3. The van der Waals surface area contributed by atoms with Crippen LogP contribution in [0.3, 0.4) is 0 Å². The number of hydrogen-bond acceptors (Lipinski definition) is 6. The zero-order valence-corrected chi connectivity index (χ0v) is 29.6. The number of rotatable bonds is 18. The van der Waals surface area contributed by atoms with Crippen molar-refractivity contribution in [1.82, 2.24) is 9.80 Å². The molecule has 2 aromatic carbocycles. The standard InChI is InChI=1S/C40H54N4O5/c1-6-25-42(29-30-17-13-12-14-18-30)36(46)33-34-37(47)44(27-15-10-11-16-28-45)35(40(34)24-23-39(33,5)49-40)38(48)43(26-7-2)32-21-19-31(20-22-32)41(8-3)9-4/h6-7,12-14,17-22,33-35,45H,1-2,8-11,15-16,23-29H2,3-5H3/t33-,34-,35?,39+,40?/m0/s1. The Labute approximate surface area is 292 Å². The first-order valence-electron chi connectivity index (χ1n) is 18.0. The zero-order chi connectivity index (χ0) is 35.2. The van der Waals surface area contributed by atoms with Crippen LogP contribution in [-0.4, -0.2) is 89.2 Å². The number of aliphatic hydroxyl groups excluding tert-OH is 1. The first-order valence-corrected chi connectivity index (χ1v) is 18.0. The summed E-state index contributed by atoms with van der Waals surface area (Å²) in [5.74, 6) is -2.04. The van der Waals surface area contributed by atoms with E-state index in [9.17, 15) is 19.5 Å². The molecule has 49 heavy (non-hydrogen) atoms. The zero-order valence-electron chi connectivity index (χ0n) is 29.6. The molecule has 2 unspecified atom stereocenters. The Morgan fingerprint density at radius 3 is 2.20 bits per heavy atom. The van der Waals surface area contributed by atoms with Crippen molar-refractivity contribution in [3.05, 3.63) is 85.5 Å². The highest BCUT2D eigenvalue weighted by atomic mass is 16.5. The lowest BCUT2D eigenvalue weighted by Gasteiger charge is -2.37. The van der Waals surface area contributed by atoms with Crippen LogP contribution >= 0.6 is 0 Å². The second-order valence-electron chi connectivity index (χ2n) is 13.8. The molecule has 264 valence electrons. The second kappa shape index (κ2) is 15.7. The molecule has 3 saturated heterocycles. The summed E-state index contributed by atoms with van der Waals surface area (Å²) in [7, 11) is 0. The van der Waals surface area contributed by atoms with Crippen molar-refractivity contribution in [2.45, 2.75) is 83.1 Å². The van der Waals surface area contributed by atoms with Gasteiger partial charge in [0.1, 0.15) is 11.6 Å². The van der Waals surface area contributed by atoms with Gasteiger partial charge in [-0.3, -0.25) is 14.4 Å². The van der Waals surface area contributed by atoms with Gasteiger partial charge in [0.05, 0.1) is 17.4 Å². The number of carbonyl (C=O) groups excluding carboxylic acids is 3. The average Bonchev–Trinajstić information content (AvgIpc) is 3.68. The minimum absolute atomic E-state index is 0.124. The third-order valence-electron chi connectivity index (χ3n) is 10.8. The molecule has 3 heterocycles. The predicted octanol–water partition coefficient (Wildman–Crippen LogP) is 5.58. The number of carbonyl (C=O) groups is 3. The van der Waals surface area contributed by atoms with Crippen molar-refractivity contribution < 1.29 is 24.2 Å². The molecule has 0 aliphatic carbocycles. The van der Waals surface area contributed by atoms with Crippen LogP contribution in [0.2, 0.25) is 0 Å². The number of aliphatic hydroxyl groups is 1. The summed E-state index contributed by atoms with van der Waals surface area (Å²) < 4.78 is 6.96. The molecule has 2 aromatic rings. The largest absolute Gasteiger partial charge is 0.396 e. The van der Waals surface area contributed by atoms with Crippen molar-refractivity contribution >= 4 is 29.1 Å². The van der Waals surface area contributed by atoms with Crippen LogP contribution in [0.1, 0.15) is 64.9 Å². The molecule has 3 aliphatic heterocycles. The van der Waals surface area contributed by atoms with E-state index >= 15 is 0 Å². The molecule has 5 atom stereocenters. The Hall–Kier alpha value is -3.95. The van der Waals surface area contributed by atoms with E-state index < -0.39 is 29.1 Å². The van der Waals surface area contributed by atoms with E-state index in [1.165, 1.54) is 0 Å². The van der Waals surface area contributed by atoms with Crippen LogP contribution in [0.5, 0.6) is 0 Å². The lowest BCUT2D eigenvalue weighted by Crippen LogP contribution is -2.56. The first kappa shape index (κ1) is 36.3. The van der Waals surface area contributed by atoms with E-state index in [0.29, 0.717) is 45.3 Å². The Morgan fingerprint density at radius 1 is 0.918 bits per heavy atom. The minimum atomic E-state index is -1.12. The van der Waals surface area contributed by atoms with E-state index in [1.54, 1.807) is 26.9 Å². The third-order valence-corrected chi connectivity index (χ3v) is 10.8. The van der Waals surface area contributed by atoms with Crippen LogP contribution in [0.4, 0.5) is 11.4 Å². The quantitative estimate of drug-likeness (QED) is 0.164. The van der Waals surface area contributed by atoms with E-state index in [4.69, 9.17) is 4.74 Å². The van der Waals surface area contributed by atoms with Gasteiger partial charge in [0.25, 0.3) is 5.91 Å². The summed E-state index contributed by atoms with van der Waals surface area (Å²) in [6, 6.07) is 16.9. The maximum Gasteiger partial charge on any atom is 0.253 e. The SMILES string of the molecule is C=CCN(Cc1ccccc1)C(=O)[C@@H]1[C@H]2C(=O)N(CCCCCCO)C(C(=O)N(CC=C)c3ccc(N(CC)CC)cc3)C23CC[C@@]1(C)O3. The summed E-state index contributed by atoms with van der Waals surface area (Å²) in [6.45, 7) is 17.3. The topological polar surface area (TPSA) is 93.6 Å². The fraction of sp³-hybridized carbons (Fsp3) is 0.525. The lowest BCUT2D eigenvalue weighted by molar-refractivity contribution is -0.150. The number of benzene rings is 2. The molecule has 9 nitrogen and oxygen atoms in total. The third kappa shape index (κ3) is 6.93. The molecule has 1 spiro atoms. The highest BCUT2D eigenvalue weighted by Crippen LogP contribution is 2.63. The van der Waals surface area contributed by atoms with E-state index in [0.717, 1.165) is 42.9 Å². The summed E-state index contributed by atoms with van der Waals surface area (Å²) in [5, 5.41) is 9.31. The van der Waals surface area contributed by atoms with Crippen LogP contribution < -0.4 is 9.80 Å². The Morgan fingerprint density at radius 2 is 1.57 bits per heavy atom. The van der Waals surface area contributed by atoms with Gasteiger partial charge < -0.3 is 29.4 Å². The number of unbranched alkanes of at least 4 members (excludes halogenated alkanes) is 3. The molecule has 3 fully saturated rings. The van der Waals surface area contributed by atoms with Crippen LogP contribution in [-0.2, 0) is 25.7 Å². The van der Waals surface area contributed by atoms with Crippen molar-refractivity contribution in [3.8, 4) is 0 Å². The summed E-state index contributed by atoms with van der Waals surface area (Å²) in [5.41, 5.74) is 0.784. The highest BCUT2D eigenvalue weighted by Gasteiger charge is 2.78. The van der Waals surface area contributed by atoms with E-state index in [2.05, 4.69) is 31.9 Å². The normalized spacial score (nSPS) is 25.3. The molecular formula is C40H54N4O5. The Bertz CT molecular complexity index is 1480. The summed E-state index contributed by atoms with van der Waals surface area (Å²) >= 11 is 0. The predicted molar refractivity (Wildman–Crippen MR) is 194 cm³/mol. The maximum atomic E-state index is 15.0. The van der Waals surface area contributed by atoms with Gasteiger partial charge in [-0.2, -0.15) is 0 Å². The van der Waals surface area contributed by atoms with Gasteiger partial charge in [0.2, 0.25) is 11.8 Å². The maximum absolute atomic E-state index is 15.0. The van der Waals surface area contributed by atoms with Crippen molar-refractivity contribution in [2.75, 3.05) is 49.1 Å². The molecule has 5 rings (SSSR count). The average molecular weight is 671 g/mol. The molecule has 2 bridgehead atoms. The molecule has 3 aliphatic rings. The monoisotopic (exact) mass is 670 g/mol. The fourth-order valence-electron chi connectivity index (χ4n) is 8.49. The molecule has 0 aromatic heterocycles. The molecule has 9 heteroatoms. The van der Waals surface area contributed by atoms with Gasteiger partial charge in [-0.05, 0) is 76.3 Å². The molecular weight excluding hydrogens is 616 g/mol. The summed E-state index contributed by atoms with van der Waals surface area (Å²) in [4.78, 5) is 51.8. The molecule has 3 amide bonds. The summed E-state index contributed by atoms with van der Waals surface area (Å²) in [6.07, 6.45) is 7.55. The number of hydrogen-bond donors (Lipinski definition) is 1. The number of fused-ring (bicyclic) bond motifs is 1. The lowest BCUT2D eigenvalue weighted by atomic mass is 9.66.